The van der Waals surface area contributed by atoms with E-state index in [0.29, 0.717) is 4.48 Å². The van der Waals surface area contributed by atoms with E-state index in [1.807, 2.05) is 32.3 Å². The lowest BCUT2D eigenvalue weighted by atomic mass is 10.2. The molecule has 1 aromatic carbocycles. The highest BCUT2D eigenvalue weighted by Crippen LogP contribution is 2.26. The van der Waals surface area contributed by atoms with Crippen LogP contribution in [-0.2, 0) is 0 Å². The summed E-state index contributed by atoms with van der Waals surface area (Å²) in [7, 11) is 4.00. The predicted molar refractivity (Wildman–Crippen MR) is 54.6 cm³/mol. The van der Waals surface area contributed by atoms with Crippen LogP contribution in [0.5, 0.6) is 5.75 Å². The van der Waals surface area contributed by atoms with Gasteiger partial charge in [0.15, 0.2) is 0 Å². The van der Waals surface area contributed by atoms with Crippen molar-refractivity contribution in [3.8, 4) is 5.75 Å². The summed E-state index contributed by atoms with van der Waals surface area (Å²) < 4.78 is 0.559. The van der Waals surface area contributed by atoms with Crippen molar-refractivity contribution in [2.24, 2.45) is 0 Å². The lowest BCUT2D eigenvalue weighted by Gasteiger charge is -2.31. The van der Waals surface area contributed by atoms with Gasteiger partial charge in [-0.1, -0.05) is 24.8 Å². The molecule has 0 amide bonds. The summed E-state index contributed by atoms with van der Waals surface area (Å²) in [5.74, 6) is 0.0920. The van der Waals surface area contributed by atoms with Crippen molar-refractivity contribution in [3.05, 3.63) is 36.9 Å². The number of hydrogen-bond acceptors (Lipinski definition) is 1. The molecule has 0 saturated heterocycles. The van der Waals surface area contributed by atoms with Crippen LogP contribution in [0.25, 0.3) is 0 Å². The van der Waals surface area contributed by atoms with Crippen LogP contribution >= 0.6 is 0 Å². The zero-order chi connectivity index (χ0) is 9.90. The van der Waals surface area contributed by atoms with E-state index in [9.17, 15) is 5.11 Å². The quantitative estimate of drug-likeness (QED) is 0.507. The number of rotatable bonds is 3. The molecule has 0 heterocycles. The highest BCUT2D eigenvalue weighted by Gasteiger charge is 2.16. The standard InChI is InChI=1S/C11H15NO/c1-4-9-12(2,3)10-7-5-6-8-11(10)13/h4-8H,1,9H2,2-3H3. The van der Waals surface area contributed by atoms with Crippen molar-refractivity contribution in [2.75, 3.05) is 20.6 Å². The molecule has 0 bridgehead atoms. The monoisotopic (exact) mass is 177 g/mol. The molecule has 0 aliphatic rings. The average molecular weight is 177 g/mol. The zero-order valence-corrected chi connectivity index (χ0v) is 8.16. The second-order valence-electron chi connectivity index (χ2n) is 3.62. The molecule has 0 aliphatic heterocycles. The van der Waals surface area contributed by atoms with E-state index >= 15 is 0 Å². The first-order chi connectivity index (χ1) is 6.08. The van der Waals surface area contributed by atoms with Gasteiger partial charge in [0.05, 0.1) is 14.1 Å². The molecule has 1 aromatic rings. The predicted octanol–water partition coefficient (Wildman–Crippen LogP) is 1.51. The van der Waals surface area contributed by atoms with Crippen molar-refractivity contribution in [3.63, 3.8) is 0 Å². The Morgan fingerprint density at radius 3 is 2.54 bits per heavy atom. The maximum atomic E-state index is 11.5. The minimum absolute atomic E-state index is 0.0920. The molecule has 70 valence electrons. The summed E-state index contributed by atoms with van der Waals surface area (Å²) in [6, 6.07) is 7.11. The lowest BCUT2D eigenvalue weighted by Crippen LogP contribution is -2.40. The molecule has 0 fully saturated rings. The van der Waals surface area contributed by atoms with Crippen LogP contribution in [0.4, 0.5) is 5.69 Å². The van der Waals surface area contributed by atoms with Gasteiger partial charge < -0.3 is 5.11 Å². The summed E-state index contributed by atoms with van der Waals surface area (Å²) >= 11 is 0. The summed E-state index contributed by atoms with van der Waals surface area (Å²) in [4.78, 5) is 0. The largest absolute Gasteiger partial charge is 0.868 e. The minimum Gasteiger partial charge on any atom is -0.868 e. The molecule has 2 nitrogen and oxygen atoms in total. The Balaban J connectivity index is 3.06. The van der Waals surface area contributed by atoms with E-state index in [4.69, 9.17) is 0 Å². The first-order valence-corrected chi connectivity index (χ1v) is 4.28. The highest BCUT2D eigenvalue weighted by molar-refractivity contribution is 5.53. The van der Waals surface area contributed by atoms with E-state index in [2.05, 4.69) is 6.58 Å². The zero-order valence-electron chi connectivity index (χ0n) is 8.16. The SMILES string of the molecule is C=CC[N+](C)(C)c1ccccc1[O-]. The highest BCUT2D eigenvalue weighted by atomic mass is 16.3. The molecule has 13 heavy (non-hydrogen) atoms. The van der Waals surface area contributed by atoms with E-state index < -0.39 is 0 Å². The number of likely N-dealkylation sites (N-methyl/N-ethyl adjacent to an activating group) is 1. The van der Waals surface area contributed by atoms with Crippen molar-refractivity contribution >= 4 is 5.69 Å². The van der Waals surface area contributed by atoms with Crippen LogP contribution in [0.3, 0.4) is 0 Å². The third-order valence-electron chi connectivity index (χ3n) is 2.10. The van der Waals surface area contributed by atoms with Gasteiger partial charge in [0.1, 0.15) is 12.2 Å². The van der Waals surface area contributed by atoms with Crippen LogP contribution in [0.15, 0.2) is 36.9 Å². The Labute approximate surface area is 79.3 Å². The molecule has 0 aliphatic carbocycles. The molecule has 0 unspecified atom stereocenters. The van der Waals surface area contributed by atoms with Gasteiger partial charge in [-0.2, -0.15) is 0 Å². The molecule has 1 rings (SSSR count). The number of para-hydroxylation sites is 2. The number of hydrogen-bond donors (Lipinski definition) is 0. The Bertz CT molecular complexity index is 305. The Kier molecular flexibility index (Phi) is 2.73. The number of nitrogens with zero attached hydrogens (tertiary/aromatic N) is 1. The van der Waals surface area contributed by atoms with Crippen molar-refractivity contribution in [1.82, 2.24) is 4.48 Å². The van der Waals surface area contributed by atoms with E-state index in [1.165, 1.54) is 0 Å². The Morgan fingerprint density at radius 2 is 2.00 bits per heavy atom. The van der Waals surface area contributed by atoms with Gasteiger partial charge in [-0.25, -0.2) is 0 Å². The second kappa shape index (κ2) is 3.62. The number of quaternary nitrogens is 1. The van der Waals surface area contributed by atoms with Crippen molar-refractivity contribution in [2.45, 2.75) is 0 Å². The van der Waals surface area contributed by atoms with Crippen LogP contribution in [-0.4, -0.2) is 20.6 Å². The Morgan fingerprint density at radius 1 is 1.38 bits per heavy atom. The Hall–Kier alpha value is -1.28. The maximum absolute atomic E-state index is 11.5. The molecule has 0 N–H and O–H groups in total. The van der Waals surface area contributed by atoms with Gasteiger partial charge in [-0.3, -0.25) is 4.48 Å². The molecule has 0 atom stereocenters. The van der Waals surface area contributed by atoms with E-state index in [-0.39, 0.29) is 5.75 Å². The van der Waals surface area contributed by atoms with E-state index in [0.717, 1.165) is 12.2 Å². The molecule has 2 heteroatoms. The fraction of sp³-hybridized carbons (Fsp3) is 0.273. The van der Waals surface area contributed by atoms with Crippen LogP contribution in [0.2, 0.25) is 0 Å². The van der Waals surface area contributed by atoms with E-state index in [1.54, 1.807) is 12.1 Å². The van der Waals surface area contributed by atoms with Crippen molar-refractivity contribution < 1.29 is 5.11 Å². The fourth-order valence-corrected chi connectivity index (χ4v) is 1.38. The summed E-state index contributed by atoms with van der Waals surface area (Å²) in [5.41, 5.74) is 0.808. The summed E-state index contributed by atoms with van der Waals surface area (Å²) in [6.45, 7) is 4.45. The van der Waals surface area contributed by atoms with Gasteiger partial charge in [0, 0.05) is 0 Å². The van der Waals surface area contributed by atoms with Gasteiger partial charge in [0.2, 0.25) is 0 Å². The first-order valence-electron chi connectivity index (χ1n) is 4.28. The van der Waals surface area contributed by atoms with Crippen LogP contribution in [0, 0.1) is 0 Å². The van der Waals surface area contributed by atoms with Gasteiger partial charge in [-0.15, -0.1) is 0 Å². The average Bonchev–Trinajstić information content (AvgIpc) is 2.04. The second-order valence-corrected chi connectivity index (χ2v) is 3.62. The van der Waals surface area contributed by atoms with Crippen molar-refractivity contribution in [1.29, 1.82) is 0 Å². The van der Waals surface area contributed by atoms with Gasteiger partial charge >= 0.3 is 0 Å². The minimum atomic E-state index is 0.0920. The normalized spacial score (nSPS) is 11.2. The smallest absolute Gasteiger partial charge is 0.124 e. The van der Waals surface area contributed by atoms with Crippen LogP contribution in [0.1, 0.15) is 0 Å². The third-order valence-corrected chi connectivity index (χ3v) is 2.10. The fourth-order valence-electron chi connectivity index (χ4n) is 1.38. The van der Waals surface area contributed by atoms with Crippen LogP contribution < -0.4 is 9.59 Å². The molecular weight excluding hydrogens is 162 g/mol. The summed E-state index contributed by atoms with van der Waals surface area (Å²) in [6.07, 6.45) is 1.83. The third kappa shape index (κ3) is 2.10. The molecule has 0 aromatic heterocycles. The van der Waals surface area contributed by atoms with Gasteiger partial charge in [-0.05, 0) is 17.9 Å². The lowest BCUT2D eigenvalue weighted by molar-refractivity contribution is -0.268. The summed E-state index contributed by atoms with van der Waals surface area (Å²) in [5, 5.41) is 11.5. The molecular formula is C11H15NO. The number of benzene rings is 1. The molecule has 0 spiro atoms. The van der Waals surface area contributed by atoms with Gasteiger partial charge in [0.25, 0.3) is 0 Å². The molecule has 0 radical (unpaired) electrons. The first kappa shape index (κ1) is 9.81. The molecule has 0 saturated carbocycles. The maximum Gasteiger partial charge on any atom is 0.124 e. The topological polar surface area (TPSA) is 23.1 Å².